The molecule has 1 aromatic carbocycles. The second kappa shape index (κ2) is 4.51. The summed E-state index contributed by atoms with van der Waals surface area (Å²) in [6, 6.07) is 3.74. The highest BCUT2D eigenvalue weighted by Gasteiger charge is 2.37. The first kappa shape index (κ1) is 13.1. The van der Waals surface area contributed by atoms with Gasteiger partial charge in [0.15, 0.2) is 0 Å². The molecule has 0 spiro atoms. The van der Waals surface area contributed by atoms with Crippen molar-refractivity contribution in [1.82, 2.24) is 0 Å². The van der Waals surface area contributed by atoms with E-state index in [0.717, 1.165) is 0 Å². The molecular weight excluding hydrogens is 279 g/mol. The number of aliphatic carboxylic acids is 1. The molecule has 16 heavy (non-hydrogen) atoms. The van der Waals surface area contributed by atoms with Crippen molar-refractivity contribution >= 4 is 21.9 Å². The zero-order valence-corrected chi connectivity index (χ0v) is 10.5. The van der Waals surface area contributed by atoms with E-state index >= 15 is 0 Å². The number of carboxylic acid groups (broad SMARTS) is 1. The van der Waals surface area contributed by atoms with Crippen molar-refractivity contribution in [2.45, 2.75) is 20.0 Å². The lowest BCUT2D eigenvalue weighted by Gasteiger charge is -2.26. The summed E-state index contributed by atoms with van der Waals surface area (Å²) in [6.07, 6.45) is -1.21. The van der Waals surface area contributed by atoms with E-state index < -0.39 is 23.3 Å². The average molecular weight is 291 g/mol. The summed E-state index contributed by atoms with van der Waals surface area (Å²) in [5.41, 5.74) is -0.978. The maximum Gasteiger partial charge on any atom is 0.312 e. The summed E-state index contributed by atoms with van der Waals surface area (Å²) >= 11 is 3.10. The van der Waals surface area contributed by atoms with Crippen LogP contribution in [0.1, 0.15) is 25.5 Å². The van der Waals surface area contributed by atoms with Crippen LogP contribution in [0.2, 0.25) is 0 Å². The van der Waals surface area contributed by atoms with Crippen LogP contribution < -0.4 is 0 Å². The number of halogens is 2. The van der Waals surface area contributed by atoms with Crippen molar-refractivity contribution < 1.29 is 19.4 Å². The molecule has 0 radical (unpaired) electrons. The van der Waals surface area contributed by atoms with Crippen LogP contribution in [0.3, 0.4) is 0 Å². The Kier molecular flexibility index (Phi) is 3.70. The molecule has 0 saturated carbocycles. The van der Waals surface area contributed by atoms with E-state index in [0.29, 0.717) is 10.0 Å². The quantitative estimate of drug-likeness (QED) is 0.900. The first-order valence-corrected chi connectivity index (χ1v) is 5.42. The van der Waals surface area contributed by atoms with Gasteiger partial charge in [-0.3, -0.25) is 4.79 Å². The molecule has 1 unspecified atom stereocenters. The Bertz CT molecular complexity index is 418. The van der Waals surface area contributed by atoms with Crippen LogP contribution in [0, 0.1) is 11.2 Å². The minimum absolute atomic E-state index is 0.355. The zero-order valence-electron chi connectivity index (χ0n) is 8.87. The van der Waals surface area contributed by atoms with Crippen LogP contribution in [0.5, 0.6) is 0 Å². The minimum atomic E-state index is -1.33. The molecule has 0 bridgehead atoms. The Labute approximate surface area is 101 Å². The molecule has 88 valence electrons. The predicted molar refractivity (Wildman–Crippen MR) is 60.5 cm³/mol. The lowest BCUT2D eigenvalue weighted by atomic mass is 9.83. The number of aliphatic hydroxyl groups is 1. The number of aliphatic hydroxyl groups excluding tert-OH is 1. The second-order valence-corrected chi connectivity index (χ2v) is 4.95. The Balaban J connectivity index is 3.14. The van der Waals surface area contributed by atoms with Gasteiger partial charge in [0.25, 0.3) is 0 Å². The van der Waals surface area contributed by atoms with Gasteiger partial charge in [-0.05, 0) is 31.5 Å². The first-order chi connectivity index (χ1) is 7.26. The molecule has 0 saturated heterocycles. The summed E-state index contributed by atoms with van der Waals surface area (Å²) in [6.45, 7) is 2.82. The molecule has 0 fully saturated rings. The standard InChI is InChI=1S/C11H12BrFO3/c1-11(2,10(15)16)9(14)7-4-3-6(13)5-8(7)12/h3-5,9,14H,1-2H3,(H,15,16). The SMILES string of the molecule is CC(C)(C(=O)O)C(O)c1ccc(F)cc1Br. The van der Waals surface area contributed by atoms with Crippen LogP contribution in [0.4, 0.5) is 4.39 Å². The van der Waals surface area contributed by atoms with Gasteiger partial charge in [-0.25, -0.2) is 4.39 Å². The molecule has 0 heterocycles. The van der Waals surface area contributed by atoms with E-state index in [1.165, 1.54) is 32.0 Å². The Morgan fingerprint density at radius 2 is 2.06 bits per heavy atom. The van der Waals surface area contributed by atoms with Crippen LogP contribution in [0.15, 0.2) is 22.7 Å². The largest absolute Gasteiger partial charge is 0.481 e. The molecule has 0 aliphatic carbocycles. The lowest BCUT2D eigenvalue weighted by molar-refractivity contribution is -0.153. The monoisotopic (exact) mass is 290 g/mol. The Morgan fingerprint density at radius 3 is 2.50 bits per heavy atom. The molecule has 0 amide bonds. The number of carbonyl (C=O) groups is 1. The summed E-state index contributed by atoms with van der Waals surface area (Å²) in [5, 5.41) is 18.9. The maximum absolute atomic E-state index is 12.8. The number of benzene rings is 1. The van der Waals surface area contributed by atoms with Gasteiger partial charge in [-0.2, -0.15) is 0 Å². The molecule has 2 N–H and O–H groups in total. The van der Waals surface area contributed by atoms with Crippen LogP contribution in [0.25, 0.3) is 0 Å². The van der Waals surface area contributed by atoms with Crippen LogP contribution in [-0.4, -0.2) is 16.2 Å². The van der Waals surface area contributed by atoms with Gasteiger partial charge in [0.1, 0.15) is 5.82 Å². The highest BCUT2D eigenvalue weighted by molar-refractivity contribution is 9.10. The predicted octanol–water partition coefficient (Wildman–Crippen LogP) is 2.73. The smallest absolute Gasteiger partial charge is 0.312 e. The molecule has 1 aromatic rings. The third-order valence-corrected chi connectivity index (χ3v) is 3.18. The number of hydrogen-bond acceptors (Lipinski definition) is 2. The van der Waals surface area contributed by atoms with Crippen molar-refractivity contribution in [2.24, 2.45) is 5.41 Å². The van der Waals surface area contributed by atoms with Gasteiger partial charge in [0.05, 0.1) is 11.5 Å². The molecular formula is C11H12BrFO3. The molecule has 3 nitrogen and oxygen atoms in total. The Hall–Kier alpha value is -0.940. The van der Waals surface area contributed by atoms with E-state index in [1.807, 2.05) is 0 Å². The lowest BCUT2D eigenvalue weighted by Crippen LogP contribution is -2.31. The summed E-state index contributed by atoms with van der Waals surface area (Å²) < 4.78 is 13.2. The van der Waals surface area contributed by atoms with Gasteiger partial charge in [-0.15, -0.1) is 0 Å². The number of rotatable bonds is 3. The van der Waals surface area contributed by atoms with E-state index in [-0.39, 0.29) is 0 Å². The van der Waals surface area contributed by atoms with E-state index in [9.17, 15) is 14.3 Å². The van der Waals surface area contributed by atoms with Crippen molar-refractivity contribution in [3.05, 3.63) is 34.1 Å². The highest BCUT2D eigenvalue weighted by Crippen LogP contribution is 2.37. The Morgan fingerprint density at radius 1 is 1.50 bits per heavy atom. The molecule has 5 heteroatoms. The molecule has 1 atom stereocenters. The van der Waals surface area contributed by atoms with Gasteiger partial charge in [0.2, 0.25) is 0 Å². The minimum Gasteiger partial charge on any atom is -0.481 e. The number of hydrogen-bond donors (Lipinski definition) is 2. The van der Waals surface area contributed by atoms with Crippen LogP contribution in [-0.2, 0) is 4.79 Å². The zero-order chi connectivity index (χ0) is 12.5. The van der Waals surface area contributed by atoms with Gasteiger partial charge in [-0.1, -0.05) is 22.0 Å². The maximum atomic E-state index is 12.8. The van der Waals surface area contributed by atoms with Crippen LogP contribution >= 0.6 is 15.9 Å². The summed E-state index contributed by atoms with van der Waals surface area (Å²) in [7, 11) is 0. The van der Waals surface area contributed by atoms with Crippen molar-refractivity contribution in [3.8, 4) is 0 Å². The summed E-state index contributed by atoms with van der Waals surface area (Å²) in [4.78, 5) is 11.0. The molecule has 1 rings (SSSR count). The topological polar surface area (TPSA) is 57.5 Å². The fourth-order valence-corrected chi connectivity index (χ4v) is 1.80. The van der Waals surface area contributed by atoms with Crippen molar-refractivity contribution in [3.63, 3.8) is 0 Å². The average Bonchev–Trinajstić information content (AvgIpc) is 2.16. The second-order valence-electron chi connectivity index (χ2n) is 4.10. The van der Waals surface area contributed by atoms with E-state index in [2.05, 4.69) is 15.9 Å². The number of carboxylic acids is 1. The fraction of sp³-hybridized carbons (Fsp3) is 0.364. The van der Waals surface area contributed by atoms with E-state index in [4.69, 9.17) is 5.11 Å². The first-order valence-electron chi connectivity index (χ1n) is 4.63. The van der Waals surface area contributed by atoms with Crippen molar-refractivity contribution in [1.29, 1.82) is 0 Å². The van der Waals surface area contributed by atoms with Gasteiger partial charge in [0, 0.05) is 4.47 Å². The molecule has 0 aromatic heterocycles. The molecule has 0 aliphatic rings. The van der Waals surface area contributed by atoms with Crippen molar-refractivity contribution in [2.75, 3.05) is 0 Å². The molecule has 0 aliphatic heterocycles. The normalized spacial score (nSPS) is 13.6. The highest BCUT2D eigenvalue weighted by atomic mass is 79.9. The summed E-state index contributed by atoms with van der Waals surface area (Å²) in [5.74, 6) is -1.56. The fourth-order valence-electron chi connectivity index (χ4n) is 1.23. The van der Waals surface area contributed by atoms with Gasteiger partial charge >= 0.3 is 5.97 Å². The third kappa shape index (κ3) is 2.41. The van der Waals surface area contributed by atoms with E-state index in [1.54, 1.807) is 0 Å². The third-order valence-electron chi connectivity index (χ3n) is 2.49. The van der Waals surface area contributed by atoms with Gasteiger partial charge < -0.3 is 10.2 Å².